The van der Waals surface area contributed by atoms with Crippen LogP contribution in [0.1, 0.15) is 11.3 Å². The van der Waals surface area contributed by atoms with E-state index in [1.54, 1.807) is 12.4 Å². The fraction of sp³-hybridized carbons (Fsp3) is 0. The molecule has 0 unspecified atom stereocenters. The molecule has 0 atom stereocenters. The average molecular weight is 222 g/mol. The van der Waals surface area contributed by atoms with Gasteiger partial charge in [-0.25, -0.2) is 4.98 Å². The molecule has 0 bridgehead atoms. The summed E-state index contributed by atoms with van der Waals surface area (Å²) in [6.45, 7) is 0. The van der Waals surface area contributed by atoms with Crippen LogP contribution in [0.15, 0.2) is 47.7 Å². The van der Waals surface area contributed by atoms with Crippen LogP contribution in [0.2, 0.25) is 0 Å². The van der Waals surface area contributed by atoms with Crippen LogP contribution in [0.5, 0.6) is 0 Å². The average Bonchev–Trinajstić information content (AvgIpc) is 2.40. The van der Waals surface area contributed by atoms with Gasteiger partial charge in [0.25, 0.3) is 0 Å². The molecule has 0 saturated heterocycles. The van der Waals surface area contributed by atoms with E-state index in [1.165, 1.54) is 0 Å². The van der Waals surface area contributed by atoms with Crippen molar-refractivity contribution in [1.82, 2.24) is 4.98 Å². The van der Waals surface area contributed by atoms with Gasteiger partial charge in [-0.05, 0) is 23.3 Å². The van der Waals surface area contributed by atoms with Crippen LogP contribution in [0, 0.1) is 11.3 Å². The largest absolute Gasteiger partial charge is 0.323 e. The molecule has 2 aromatic rings. The molecule has 4 heteroatoms. The number of rotatable bonds is 2. The monoisotopic (exact) mass is 222 g/mol. The Hall–Kier alpha value is -2.67. The highest BCUT2D eigenvalue weighted by molar-refractivity contribution is 5.81. The number of aromatic nitrogens is 1. The van der Waals surface area contributed by atoms with E-state index in [-0.39, 0.29) is 0 Å². The lowest BCUT2D eigenvalue weighted by molar-refractivity contribution is 1.26. The Balaban J connectivity index is 2.44. The Bertz CT molecular complexity index is 579. The van der Waals surface area contributed by atoms with Crippen molar-refractivity contribution < 1.29 is 0 Å². The van der Waals surface area contributed by atoms with Crippen LogP contribution >= 0.6 is 0 Å². The number of hydrazone groups is 1. The SMILES string of the molecule is N#Cc1ncccc1-c1ccc(C=NN)cc1. The lowest BCUT2D eigenvalue weighted by Crippen LogP contribution is -1.89. The van der Waals surface area contributed by atoms with Crippen LogP contribution in [-0.2, 0) is 0 Å². The van der Waals surface area contributed by atoms with Gasteiger partial charge in [0.2, 0.25) is 0 Å². The van der Waals surface area contributed by atoms with E-state index in [4.69, 9.17) is 11.1 Å². The molecule has 0 amide bonds. The third-order valence-electron chi connectivity index (χ3n) is 2.36. The molecule has 1 aromatic carbocycles. The molecule has 2 rings (SSSR count). The minimum atomic E-state index is 0.424. The van der Waals surface area contributed by atoms with Crippen molar-refractivity contribution in [1.29, 1.82) is 5.26 Å². The standard InChI is InChI=1S/C13H10N4/c14-8-13-12(2-1-7-16-13)11-5-3-10(4-6-11)9-17-15/h1-7,9H,15H2. The first-order valence-corrected chi connectivity index (χ1v) is 5.04. The van der Waals surface area contributed by atoms with Gasteiger partial charge in [0.1, 0.15) is 11.8 Å². The molecule has 82 valence electrons. The second kappa shape index (κ2) is 4.90. The van der Waals surface area contributed by atoms with Gasteiger partial charge in [-0.1, -0.05) is 24.3 Å². The Labute approximate surface area is 99.0 Å². The van der Waals surface area contributed by atoms with Gasteiger partial charge in [-0.15, -0.1) is 0 Å². The smallest absolute Gasteiger partial charge is 0.148 e. The molecule has 0 saturated carbocycles. The van der Waals surface area contributed by atoms with E-state index < -0.39 is 0 Å². The second-order valence-electron chi connectivity index (χ2n) is 3.41. The summed E-state index contributed by atoms with van der Waals surface area (Å²) in [6.07, 6.45) is 3.18. The number of hydrogen-bond acceptors (Lipinski definition) is 4. The fourth-order valence-electron chi connectivity index (χ4n) is 1.56. The van der Waals surface area contributed by atoms with E-state index in [9.17, 15) is 0 Å². The lowest BCUT2D eigenvalue weighted by atomic mass is 10.0. The maximum absolute atomic E-state index is 8.97. The zero-order valence-electron chi connectivity index (χ0n) is 9.04. The van der Waals surface area contributed by atoms with Gasteiger partial charge < -0.3 is 5.84 Å². The Morgan fingerprint density at radius 1 is 1.24 bits per heavy atom. The molecule has 0 aliphatic rings. The number of benzene rings is 1. The summed E-state index contributed by atoms with van der Waals surface area (Å²) >= 11 is 0. The molecule has 0 aliphatic carbocycles. The van der Waals surface area contributed by atoms with Crippen LogP contribution in [0.25, 0.3) is 11.1 Å². The normalized spacial score (nSPS) is 10.3. The highest BCUT2D eigenvalue weighted by Crippen LogP contribution is 2.21. The molecular formula is C13H10N4. The van der Waals surface area contributed by atoms with E-state index >= 15 is 0 Å². The summed E-state index contributed by atoms with van der Waals surface area (Å²) < 4.78 is 0. The van der Waals surface area contributed by atoms with Crippen LogP contribution in [-0.4, -0.2) is 11.2 Å². The summed E-state index contributed by atoms with van der Waals surface area (Å²) in [5.74, 6) is 5.07. The maximum Gasteiger partial charge on any atom is 0.148 e. The predicted molar refractivity (Wildman–Crippen MR) is 66.2 cm³/mol. The molecule has 1 heterocycles. The first-order chi connectivity index (χ1) is 8.35. The molecule has 0 aliphatic heterocycles. The molecule has 0 fully saturated rings. The molecule has 0 spiro atoms. The number of hydrogen-bond donors (Lipinski definition) is 1. The van der Waals surface area contributed by atoms with Gasteiger partial charge in [-0.2, -0.15) is 10.4 Å². The van der Waals surface area contributed by atoms with Crippen molar-refractivity contribution in [2.24, 2.45) is 10.9 Å². The zero-order chi connectivity index (χ0) is 12.1. The third-order valence-corrected chi connectivity index (χ3v) is 2.36. The van der Waals surface area contributed by atoms with Gasteiger partial charge in [0.15, 0.2) is 0 Å². The van der Waals surface area contributed by atoms with Crippen molar-refractivity contribution in [3.05, 3.63) is 53.9 Å². The summed E-state index contributed by atoms with van der Waals surface area (Å²) in [5.41, 5.74) is 3.11. The number of nitriles is 1. The summed E-state index contributed by atoms with van der Waals surface area (Å²) in [7, 11) is 0. The Morgan fingerprint density at radius 2 is 2.00 bits per heavy atom. The van der Waals surface area contributed by atoms with Crippen molar-refractivity contribution in [2.45, 2.75) is 0 Å². The third kappa shape index (κ3) is 2.29. The molecule has 1 aromatic heterocycles. The van der Waals surface area contributed by atoms with Gasteiger partial charge in [-0.3, -0.25) is 0 Å². The quantitative estimate of drug-likeness (QED) is 0.479. The highest BCUT2D eigenvalue weighted by atomic mass is 15.1. The van der Waals surface area contributed by atoms with Crippen LogP contribution in [0.4, 0.5) is 0 Å². The van der Waals surface area contributed by atoms with E-state index in [0.29, 0.717) is 5.69 Å². The van der Waals surface area contributed by atoms with Crippen molar-refractivity contribution in [3.8, 4) is 17.2 Å². The second-order valence-corrected chi connectivity index (χ2v) is 3.41. The van der Waals surface area contributed by atoms with E-state index in [1.807, 2.05) is 36.4 Å². The number of nitrogens with two attached hydrogens (primary N) is 1. The van der Waals surface area contributed by atoms with Gasteiger partial charge >= 0.3 is 0 Å². The zero-order valence-corrected chi connectivity index (χ0v) is 9.04. The van der Waals surface area contributed by atoms with E-state index in [0.717, 1.165) is 16.7 Å². The fourth-order valence-corrected chi connectivity index (χ4v) is 1.56. The first kappa shape index (κ1) is 10.8. The Morgan fingerprint density at radius 3 is 2.65 bits per heavy atom. The van der Waals surface area contributed by atoms with Crippen LogP contribution < -0.4 is 5.84 Å². The first-order valence-electron chi connectivity index (χ1n) is 5.04. The van der Waals surface area contributed by atoms with Crippen molar-refractivity contribution in [2.75, 3.05) is 0 Å². The minimum absolute atomic E-state index is 0.424. The van der Waals surface area contributed by atoms with Crippen molar-refractivity contribution >= 4 is 6.21 Å². The maximum atomic E-state index is 8.97. The molecule has 17 heavy (non-hydrogen) atoms. The summed E-state index contributed by atoms with van der Waals surface area (Å²) in [6, 6.07) is 13.4. The lowest BCUT2D eigenvalue weighted by Gasteiger charge is -2.03. The van der Waals surface area contributed by atoms with Crippen molar-refractivity contribution in [3.63, 3.8) is 0 Å². The number of pyridine rings is 1. The molecule has 0 radical (unpaired) electrons. The molecule has 2 N–H and O–H groups in total. The van der Waals surface area contributed by atoms with E-state index in [2.05, 4.69) is 16.2 Å². The summed E-state index contributed by atoms with van der Waals surface area (Å²) in [5, 5.41) is 12.4. The summed E-state index contributed by atoms with van der Waals surface area (Å²) in [4.78, 5) is 4.02. The minimum Gasteiger partial charge on any atom is -0.323 e. The van der Waals surface area contributed by atoms with Gasteiger partial charge in [0.05, 0.1) is 6.21 Å². The predicted octanol–water partition coefficient (Wildman–Crippen LogP) is 1.91. The molecular weight excluding hydrogens is 212 g/mol. The van der Waals surface area contributed by atoms with Gasteiger partial charge in [0, 0.05) is 11.8 Å². The highest BCUT2D eigenvalue weighted by Gasteiger charge is 2.04. The Kier molecular flexibility index (Phi) is 3.13. The van der Waals surface area contributed by atoms with Crippen LogP contribution in [0.3, 0.4) is 0 Å². The number of nitrogens with zero attached hydrogens (tertiary/aromatic N) is 3. The topological polar surface area (TPSA) is 75.1 Å². The molecule has 4 nitrogen and oxygen atoms in total.